The molecule has 1 aromatic heterocycles. The van der Waals surface area contributed by atoms with Crippen molar-refractivity contribution in [2.24, 2.45) is 0 Å². The van der Waals surface area contributed by atoms with E-state index in [1.807, 2.05) is 6.07 Å². The van der Waals surface area contributed by atoms with Crippen molar-refractivity contribution >= 4 is 23.1 Å². The number of nitro benzene ring substituents is 1. The van der Waals surface area contributed by atoms with Gasteiger partial charge in [0.2, 0.25) is 0 Å². The number of non-ortho nitro benzene ring substituents is 1. The molecule has 0 N–H and O–H groups in total. The summed E-state index contributed by atoms with van der Waals surface area (Å²) >= 11 is 0. The van der Waals surface area contributed by atoms with E-state index in [4.69, 9.17) is 0 Å². The Balaban J connectivity index is 1.34. The zero-order chi connectivity index (χ0) is 24.9. The van der Waals surface area contributed by atoms with Crippen LogP contribution in [0.4, 0.5) is 17.2 Å². The molecule has 0 saturated carbocycles. The first-order chi connectivity index (χ1) is 17.6. The lowest BCUT2D eigenvalue weighted by molar-refractivity contribution is -0.384. The Morgan fingerprint density at radius 3 is 2.39 bits per heavy atom. The number of nitrogens with zero attached hydrogens (tertiary/aromatic N) is 6. The maximum absolute atomic E-state index is 13.7. The van der Waals surface area contributed by atoms with Crippen LogP contribution in [0.1, 0.15) is 34.5 Å². The maximum Gasteiger partial charge on any atom is 0.269 e. The Hall–Kier alpha value is -3.85. The Kier molecular flexibility index (Phi) is 7.18. The number of aromatic nitrogens is 2. The molecule has 0 bridgehead atoms. The molecule has 9 nitrogen and oxygen atoms in total. The van der Waals surface area contributed by atoms with Crippen molar-refractivity contribution < 1.29 is 9.72 Å². The third kappa shape index (κ3) is 5.21. The number of rotatable bonds is 7. The van der Waals surface area contributed by atoms with Gasteiger partial charge in [0.15, 0.2) is 0 Å². The number of piperazine rings is 1. The second-order valence-corrected chi connectivity index (χ2v) is 9.25. The zero-order valence-electron chi connectivity index (χ0n) is 20.3. The van der Waals surface area contributed by atoms with Crippen molar-refractivity contribution in [1.29, 1.82) is 0 Å². The minimum absolute atomic E-state index is 0.0335. The summed E-state index contributed by atoms with van der Waals surface area (Å²) in [5.41, 5.74) is 3.68. The van der Waals surface area contributed by atoms with Gasteiger partial charge in [-0.3, -0.25) is 24.7 Å². The highest BCUT2D eigenvalue weighted by molar-refractivity contribution is 6.06. The second kappa shape index (κ2) is 10.8. The maximum atomic E-state index is 13.7. The highest BCUT2D eigenvalue weighted by Crippen LogP contribution is 2.28. The van der Waals surface area contributed by atoms with Gasteiger partial charge in [-0.05, 0) is 49.9 Å². The summed E-state index contributed by atoms with van der Waals surface area (Å²) < 4.78 is 0. The first-order valence-corrected chi connectivity index (χ1v) is 12.5. The molecule has 0 unspecified atom stereocenters. The van der Waals surface area contributed by atoms with E-state index in [1.165, 1.54) is 30.0 Å². The minimum atomic E-state index is -0.456. The number of nitro groups is 1. The van der Waals surface area contributed by atoms with E-state index < -0.39 is 4.92 Å². The van der Waals surface area contributed by atoms with Crippen LogP contribution in [0.3, 0.4) is 0 Å². The van der Waals surface area contributed by atoms with Crippen LogP contribution in [0, 0.1) is 10.1 Å². The van der Waals surface area contributed by atoms with Gasteiger partial charge in [-0.25, -0.2) is 9.97 Å². The topological polar surface area (TPSA) is 95.7 Å². The van der Waals surface area contributed by atoms with Crippen LogP contribution >= 0.6 is 0 Å². The Morgan fingerprint density at radius 1 is 0.944 bits per heavy atom. The van der Waals surface area contributed by atoms with Gasteiger partial charge < -0.3 is 4.90 Å². The summed E-state index contributed by atoms with van der Waals surface area (Å²) in [4.78, 5) is 39.9. The summed E-state index contributed by atoms with van der Waals surface area (Å²) in [5.74, 6) is 0.477. The van der Waals surface area contributed by atoms with Gasteiger partial charge in [-0.15, -0.1) is 0 Å². The van der Waals surface area contributed by atoms with Crippen molar-refractivity contribution in [3.63, 3.8) is 0 Å². The third-order valence-corrected chi connectivity index (χ3v) is 7.06. The molecule has 0 radical (unpaired) electrons. The Labute approximate surface area is 210 Å². The van der Waals surface area contributed by atoms with Crippen molar-refractivity contribution in [1.82, 2.24) is 14.9 Å². The molecular weight excluding hydrogens is 456 g/mol. The van der Waals surface area contributed by atoms with Crippen molar-refractivity contribution in [2.45, 2.75) is 25.7 Å². The summed E-state index contributed by atoms with van der Waals surface area (Å²) in [6, 6.07) is 16.2. The smallest absolute Gasteiger partial charge is 0.269 e. The summed E-state index contributed by atoms with van der Waals surface area (Å²) in [5, 5.41) is 11.1. The summed E-state index contributed by atoms with van der Waals surface area (Å²) in [6.45, 7) is 4.91. The minimum Gasteiger partial charge on any atom is -0.369 e. The number of para-hydroxylation sites is 1. The van der Waals surface area contributed by atoms with Gasteiger partial charge in [0.25, 0.3) is 11.6 Å². The quantitative estimate of drug-likeness (QED) is 0.371. The number of anilines is 2. The molecule has 186 valence electrons. The van der Waals surface area contributed by atoms with E-state index in [9.17, 15) is 14.9 Å². The molecule has 0 spiro atoms. The number of hydrogen-bond acceptors (Lipinski definition) is 7. The number of aryl methyl sites for hydroxylation is 1. The predicted octanol–water partition coefficient (Wildman–Crippen LogP) is 3.73. The van der Waals surface area contributed by atoms with E-state index >= 15 is 0 Å². The van der Waals surface area contributed by atoms with E-state index in [0.717, 1.165) is 69.7 Å². The van der Waals surface area contributed by atoms with Gasteiger partial charge in [0.05, 0.1) is 4.92 Å². The molecule has 1 amide bonds. The van der Waals surface area contributed by atoms with Crippen LogP contribution in [-0.2, 0) is 12.8 Å². The largest absolute Gasteiger partial charge is 0.369 e. The van der Waals surface area contributed by atoms with Crippen molar-refractivity contribution in [3.8, 4) is 0 Å². The van der Waals surface area contributed by atoms with Crippen LogP contribution in [0.25, 0.3) is 0 Å². The van der Waals surface area contributed by atoms with Gasteiger partial charge >= 0.3 is 0 Å². The fourth-order valence-electron chi connectivity index (χ4n) is 5.03. The molecule has 5 rings (SSSR count). The summed E-state index contributed by atoms with van der Waals surface area (Å²) in [6.07, 6.45) is 5.44. The van der Waals surface area contributed by atoms with Crippen LogP contribution < -0.4 is 9.80 Å². The fraction of sp³-hybridized carbons (Fsp3) is 0.370. The highest BCUT2D eigenvalue weighted by atomic mass is 16.6. The second-order valence-electron chi connectivity index (χ2n) is 9.25. The van der Waals surface area contributed by atoms with E-state index in [0.29, 0.717) is 17.9 Å². The lowest BCUT2D eigenvalue weighted by atomic mass is 9.96. The normalized spacial score (nSPS) is 15.8. The van der Waals surface area contributed by atoms with Crippen LogP contribution in [0.5, 0.6) is 0 Å². The molecule has 1 saturated heterocycles. The molecule has 2 aliphatic rings. The molecule has 36 heavy (non-hydrogen) atoms. The first kappa shape index (κ1) is 23.9. The lowest BCUT2D eigenvalue weighted by Crippen LogP contribution is -2.49. The molecule has 2 aromatic carbocycles. The van der Waals surface area contributed by atoms with Crippen LogP contribution in [0.2, 0.25) is 0 Å². The van der Waals surface area contributed by atoms with Crippen LogP contribution in [0.15, 0.2) is 60.9 Å². The van der Waals surface area contributed by atoms with Gasteiger partial charge in [-0.1, -0.05) is 18.2 Å². The Bertz CT molecular complexity index is 1210. The number of amides is 1. The van der Waals surface area contributed by atoms with Crippen molar-refractivity contribution in [3.05, 3.63) is 87.9 Å². The first-order valence-electron chi connectivity index (χ1n) is 12.5. The monoisotopic (exact) mass is 486 g/mol. The summed E-state index contributed by atoms with van der Waals surface area (Å²) in [7, 11) is 0. The fourth-order valence-corrected chi connectivity index (χ4v) is 5.03. The number of fused-ring (bicyclic) bond motifs is 1. The SMILES string of the molecule is O=C(c1ccc([N+](=O)[O-])cc1)N(CCN1CCN(c2ccccc2)CC1)c1ncnc2c1CCCC2. The molecule has 1 aliphatic carbocycles. The van der Waals surface area contributed by atoms with Gasteiger partial charge in [-0.2, -0.15) is 0 Å². The van der Waals surface area contributed by atoms with E-state index in [-0.39, 0.29) is 11.6 Å². The molecular formula is C27H30N6O3. The number of carbonyl (C=O) groups excluding carboxylic acids is 1. The average molecular weight is 487 g/mol. The molecule has 9 heteroatoms. The third-order valence-electron chi connectivity index (χ3n) is 7.06. The molecule has 1 aliphatic heterocycles. The number of carbonyl (C=O) groups is 1. The van der Waals surface area contributed by atoms with Crippen molar-refractivity contribution in [2.75, 3.05) is 49.1 Å². The highest BCUT2D eigenvalue weighted by Gasteiger charge is 2.27. The average Bonchev–Trinajstić information content (AvgIpc) is 2.94. The number of benzene rings is 2. The predicted molar refractivity (Wildman–Crippen MR) is 139 cm³/mol. The lowest BCUT2D eigenvalue weighted by Gasteiger charge is -2.37. The Morgan fingerprint density at radius 2 is 1.67 bits per heavy atom. The molecule has 1 fully saturated rings. The van der Waals surface area contributed by atoms with Gasteiger partial charge in [0, 0.05) is 73.9 Å². The molecule has 2 heterocycles. The van der Waals surface area contributed by atoms with E-state index in [1.54, 1.807) is 11.2 Å². The standard InChI is InChI=1S/C27H30N6O3/c34-27(21-10-12-23(13-11-21)33(35)36)32(26-24-8-4-5-9-25(24)28-20-29-26)19-16-30-14-17-31(18-15-30)22-6-2-1-3-7-22/h1-3,6-7,10-13,20H,4-5,8-9,14-19H2. The zero-order valence-corrected chi connectivity index (χ0v) is 20.3. The van der Waals surface area contributed by atoms with Gasteiger partial charge in [0.1, 0.15) is 12.1 Å². The molecule has 3 aromatic rings. The van der Waals surface area contributed by atoms with Crippen LogP contribution in [-0.4, -0.2) is 65.0 Å². The van der Waals surface area contributed by atoms with E-state index in [2.05, 4.69) is 44.0 Å². The molecule has 0 atom stereocenters. The number of hydrogen-bond donors (Lipinski definition) is 0.